The number of aliphatic hydroxyl groups excluding tert-OH is 1. The van der Waals surface area contributed by atoms with E-state index >= 15 is 0 Å². The maximum absolute atomic E-state index is 12.6. The van der Waals surface area contributed by atoms with E-state index in [1.165, 1.54) is 0 Å². The molecule has 1 aromatic heterocycles. The summed E-state index contributed by atoms with van der Waals surface area (Å²) >= 11 is 0. The van der Waals surface area contributed by atoms with Gasteiger partial charge in [0.05, 0.1) is 12.6 Å². The van der Waals surface area contributed by atoms with Crippen molar-refractivity contribution in [2.45, 2.75) is 45.3 Å². The molecule has 0 spiro atoms. The fraction of sp³-hybridized carbons (Fsp3) is 0.500. The van der Waals surface area contributed by atoms with Crippen LogP contribution in [0.25, 0.3) is 0 Å². The summed E-state index contributed by atoms with van der Waals surface area (Å²) in [5.41, 5.74) is 1.43. The number of aromatic nitrogens is 2. The van der Waals surface area contributed by atoms with Gasteiger partial charge in [-0.3, -0.25) is 4.79 Å². The Kier molecular flexibility index (Phi) is 5.65. The molecule has 2 aromatic rings. The molecule has 25 heavy (non-hydrogen) atoms. The summed E-state index contributed by atoms with van der Waals surface area (Å²) in [6.45, 7) is 3.59. The lowest BCUT2D eigenvalue weighted by molar-refractivity contribution is 0.0474. The van der Waals surface area contributed by atoms with E-state index in [1.54, 1.807) is 11.0 Å². The zero-order chi connectivity index (χ0) is 17.6. The molecule has 1 amide bonds. The Morgan fingerprint density at radius 2 is 2.36 bits per heavy atom. The molecule has 1 aliphatic rings. The molecule has 2 N–H and O–H groups in total. The van der Waals surface area contributed by atoms with Crippen molar-refractivity contribution in [3.05, 3.63) is 41.5 Å². The lowest BCUT2D eigenvalue weighted by atomic mass is 10.1. The smallest absolute Gasteiger partial charge is 0.254 e. The molecular weight excluding hydrogens is 320 g/mol. The van der Waals surface area contributed by atoms with Crippen molar-refractivity contribution in [1.29, 1.82) is 0 Å². The lowest BCUT2D eigenvalue weighted by Gasteiger charge is -2.30. The van der Waals surface area contributed by atoms with Crippen molar-refractivity contribution >= 4 is 11.6 Å². The number of benzene rings is 1. The van der Waals surface area contributed by atoms with Crippen LogP contribution >= 0.6 is 0 Å². The first-order valence-electron chi connectivity index (χ1n) is 8.78. The van der Waals surface area contributed by atoms with Crippen LogP contribution in [-0.4, -0.2) is 45.2 Å². The van der Waals surface area contributed by atoms with E-state index in [-0.39, 0.29) is 5.91 Å². The van der Waals surface area contributed by atoms with E-state index in [0.29, 0.717) is 36.9 Å². The van der Waals surface area contributed by atoms with Crippen LogP contribution in [0, 0.1) is 0 Å². The molecule has 0 unspecified atom stereocenters. The van der Waals surface area contributed by atoms with Crippen molar-refractivity contribution in [2.75, 3.05) is 18.4 Å². The predicted octanol–water partition coefficient (Wildman–Crippen LogP) is 2.23. The van der Waals surface area contributed by atoms with Gasteiger partial charge in [-0.1, -0.05) is 18.1 Å². The minimum atomic E-state index is -0.422. The molecule has 7 nitrogen and oxygen atoms in total. The number of nitrogens with one attached hydrogen (secondary N) is 1. The number of carbonyl (C=O) groups is 1. The van der Waals surface area contributed by atoms with Gasteiger partial charge in [0.15, 0.2) is 5.82 Å². The van der Waals surface area contributed by atoms with Crippen molar-refractivity contribution in [2.24, 2.45) is 0 Å². The van der Waals surface area contributed by atoms with Gasteiger partial charge in [0, 0.05) is 30.8 Å². The van der Waals surface area contributed by atoms with Crippen LogP contribution in [-0.2, 0) is 13.0 Å². The highest BCUT2D eigenvalue weighted by Gasteiger charge is 2.23. The molecule has 0 aliphatic carbocycles. The largest absolute Gasteiger partial charge is 0.391 e. The summed E-state index contributed by atoms with van der Waals surface area (Å²) in [7, 11) is 0. The van der Waals surface area contributed by atoms with Crippen molar-refractivity contribution in [3.8, 4) is 0 Å². The standard InChI is InChI=1S/C18H24N4O3/c1-2-5-17-20-16(21-25-17)11-19-14-7-3-6-13(10-14)18(24)22-9-4-8-15(23)12-22/h3,6-7,10,15,19,23H,2,4-5,8-9,11-12H2,1H3/t15-/m0/s1. The monoisotopic (exact) mass is 344 g/mol. The number of aryl methyl sites for hydroxylation is 1. The molecule has 2 heterocycles. The van der Waals surface area contributed by atoms with Crippen LogP contribution in [0.1, 0.15) is 48.3 Å². The van der Waals surface area contributed by atoms with Gasteiger partial charge in [0.2, 0.25) is 5.89 Å². The molecule has 1 fully saturated rings. The summed E-state index contributed by atoms with van der Waals surface area (Å²) in [4.78, 5) is 18.6. The summed E-state index contributed by atoms with van der Waals surface area (Å²) in [5.74, 6) is 1.19. The molecule has 3 rings (SSSR count). The Balaban J connectivity index is 1.61. The van der Waals surface area contributed by atoms with Gasteiger partial charge in [-0.25, -0.2) is 0 Å². The van der Waals surface area contributed by atoms with Crippen LogP contribution in [0.3, 0.4) is 0 Å². The second-order valence-electron chi connectivity index (χ2n) is 6.34. The molecule has 1 aromatic carbocycles. The number of hydrogen-bond donors (Lipinski definition) is 2. The van der Waals surface area contributed by atoms with Crippen LogP contribution in [0.4, 0.5) is 5.69 Å². The van der Waals surface area contributed by atoms with E-state index in [9.17, 15) is 9.90 Å². The van der Waals surface area contributed by atoms with Crippen molar-refractivity contribution in [3.63, 3.8) is 0 Å². The number of amides is 1. The molecule has 1 saturated heterocycles. The minimum absolute atomic E-state index is 0.0489. The van der Waals surface area contributed by atoms with Crippen LogP contribution in [0.5, 0.6) is 0 Å². The first-order valence-corrected chi connectivity index (χ1v) is 8.78. The summed E-state index contributed by atoms with van der Waals surface area (Å²) < 4.78 is 5.16. The van der Waals surface area contributed by atoms with Gasteiger partial charge in [-0.2, -0.15) is 4.98 Å². The third kappa shape index (κ3) is 4.57. The van der Waals surface area contributed by atoms with Crippen molar-refractivity contribution in [1.82, 2.24) is 15.0 Å². The zero-order valence-electron chi connectivity index (χ0n) is 14.4. The Hall–Kier alpha value is -2.41. The number of rotatable bonds is 6. The van der Waals surface area contributed by atoms with Crippen molar-refractivity contribution < 1.29 is 14.4 Å². The number of aliphatic hydroxyl groups is 1. The van der Waals surface area contributed by atoms with Gasteiger partial charge in [-0.05, 0) is 37.5 Å². The normalized spacial score (nSPS) is 17.5. The van der Waals surface area contributed by atoms with E-state index in [0.717, 1.165) is 31.4 Å². The highest BCUT2D eigenvalue weighted by molar-refractivity contribution is 5.95. The average Bonchev–Trinajstić information content (AvgIpc) is 3.07. The highest BCUT2D eigenvalue weighted by atomic mass is 16.5. The maximum atomic E-state index is 12.6. The second kappa shape index (κ2) is 8.11. The average molecular weight is 344 g/mol. The second-order valence-corrected chi connectivity index (χ2v) is 6.34. The highest BCUT2D eigenvalue weighted by Crippen LogP contribution is 2.17. The fourth-order valence-electron chi connectivity index (χ4n) is 2.94. The summed E-state index contributed by atoms with van der Waals surface area (Å²) in [6.07, 6.45) is 2.91. The summed E-state index contributed by atoms with van der Waals surface area (Å²) in [5, 5.41) is 16.9. The number of carbonyl (C=O) groups excluding carboxylic acids is 1. The maximum Gasteiger partial charge on any atom is 0.254 e. The third-order valence-corrected chi connectivity index (χ3v) is 4.22. The first kappa shape index (κ1) is 17.4. The topological polar surface area (TPSA) is 91.5 Å². The van der Waals surface area contributed by atoms with Crippen LogP contribution < -0.4 is 5.32 Å². The Bertz CT molecular complexity index is 716. The Morgan fingerprint density at radius 3 is 3.16 bits per heavy atom. The number of nitrogens with zero attached hydrogens (tertiary/aromatic N) is 3. The number of β-amino-alcohol motifs (C(OH)–C–C–N with tert-alkyl or cyclic N) is 1. The fourth-order valence-corrected chi connectivity index (χ4v) is 2.94. The quantitative estimate of drug-likeness (QED) is 0.835. The third-order valence-electron chi connectivity index (χ3n) is 4.22. The van der Waals surface area contributed by atoms with E-state index in [2.05, 4.69) is 22.4 Å². The van der Waals surface area contributed by atoms with E-state index < -0.39 is 6.10 Å². The number of hydrogen-bond acceptors (Lipinski definition) is 6. The minimum Gasteiger partial charge on any atom is -0.391 e. The SMILES string of the molecule is CCCc1nc(CNc2cccc(C(=O)N3CCC[C@H](O)C3)c2)no1. The molecule has 0 radical (unpaired) electrons. The van der Waals surface area contributed by atoms with Gasteiger partial charge >= 0.3 is 0 Å². The lowest BCUT2D eigenvalue weighted by Crippen LogP contribution is -2.42. The molecular formula is C18H24N4O3. The molecule has 1 atom stereocenters. The zero-order valence-corrected chi connectivity index (χ0v) is 14.4. The molecule has 134 valence electrons. The Labute approximate surface area is 147 Å². The van der Waals surface area contributed by atoms with Gasteiger partial charge in [0.1, 0.15) is 0 Å². The first-order chi connectivity index (χ1) is 12.2. The van der Waals surface area contributed by atoms with Gasteiger partial charge in [0.25, 0.3) is 5.91 Å². The van der Waals surface area contributed by atoms with Gasteiger partial charge < -0.3 is 19.8 Å². The molecule has 0 saturated carbocycles. The van der Waals surface area contributed by atoms with E-state index in [1.807, 2.05) is 18.2 Å². The van der Waals surface area contributed by atoms with Gasteiger partial charge in [-0.15, -0.1) is 0 Å². The number of likely N-dealkylation sites (tertiary alicyclic amines) is 1. The van der Waals surface area contributed by atoms with E-state index in [4.69, 9.17) is 4.52 Å². The van der Waals surface area contributed by atoms with Crippen LogP contribution in [0.2, 0.25) is 0 Å². The van der Waals surface area contributed by atoms with Crippen LogP contribution in [0.15, 0.2) is 28.8 Å². The number of piperidine rings is 1. The summed E-state index contributed by atoms with van der Waals surface area (Å²) in [6, 6.07) is 7.35. The number of anilines is 1. The predicted molar refractivity (Wildman–Crippen MR) is 93.2 cm³/mol. The molecule has 7 heteroatoms. The Morgan fingerprint density at radius 1 is 1.48 bits per heavy atom. The molecule has 0 bridgehead atoms. The molecule has 1 aliphatic heterocycles.